The normalized spacial score (nSPS) is 13.6. The number of nitrogens with zero attached hydrogens (tertiary/aromatic N) is 2. The van der Waals surface area contributed by atoms with Crippen LogP contribution in [0.5, 0.6) is 0 Å². The molecule has 0 spiro atoms. The molecule has 104 valence electrons. The minimum atomic E-state index is 0.836. The van der Waals surface area contributed by atoms with E-state index in [1.807, 2.05) is 0 Å². The fourth-order valence-electron chi connectivity index (χ4n) is 2.60. The van der Waals surface area contributed by atoms with E-state index < -0.39 is 0 Å². The fraction of sp³-hybridized carbons (Fsp3) is 0.375. The first-order chi connectivity index (χ1) is 9.69. The van der Waals surface area contributed by atoms with E-state index in [-0.39, 0.29) is 0 Å². The number of nitrogens with one attached hydrogen (secondary N) is 1. The maximum Gasteiger partial charge on any atom is 0.160 e. The van der Waals surface area contributed by atoms with E-state index in [4.69, 9.17) is 9.97 Å². The summed E-state index contributed by atoms with van der Waals surface area (Å²) in [4.78, 5) is 9.57. The monoisotopic (exact) mass is 331 g/mol. The standard InChI is InChI=1S/C16H18BrN3/c1-3-4-14-12-8-18-9-15(12)20-16(19-14)11-6-5-10(2)7-13(11)17/h5-7,18H,3-4,8-9H2,1-2H3. The Hall–Kier alpha value is -1.26. The third-order valence-corrected chi connectivity index (χ3v) is 4.28. The molecule has 3 nitrogen and oxygen atoms in total. The number of aryl methyl sites for hydroxylation is 2. The highest BCUT2D eigenvalue weighted by molar-refractivity contribution is 9.10. The maximum atomic E-state index is 4.81. The molecule has 0 amide bonds. The van der Waals surface area contributed by atoms with Crippen LogP contribution in [0.15, 0.2) is 22.7 Å². The second-order valence-electron chi connectivity index (χ2n) is 5.26. The molecule has 0 radical (unpaired) electrons. The zero-order valence-electron chi connectivity index (χ0n) is 11.8. The summed E-state index contributed by atoms with van der Waals surface area (Å²) in [7, 11) is 0. The zero-order chi connectivity index (χ0) is 14.1. The van der Waals surface area contributed by atoms with Gasteiger partial charge in [-0.05, 0) is 31.0 Å². The van der Waals surface area contributed by atoms with Gasteiger partial charge in [0.05, 0.1) is 5.69 Å². The molecule has 1 aliphatic heterocycles. The predicted octanol–water partition coefficient (Wildman–Crippen LogP) is 3.77. The van der Waals surface area contributed by atoms with Gasteiger partial charge in [0.25, 0.3) is 0 Å². The molecule has 0 saturated carbocycles. The average molecular weight is 332 g/mol. The van der Waals surface area contributed by atoms with Gasteiger partial charge in [0.15, 0.2) is 5.82 Å². The molecule has 0 saturated heterocycles. The second kappa shape index (κ2) is 5.62. The van der Waals surface area contributed by atoms with Gasteiger partial charge >= 0.3 is 0 Å². The van der Waals surface area contributed by atoms with Gasteiger partial charge in [-0.3, -0.25) is 0 Å². The number of aromatic nitrogens is 2. The molecule has 2 heterocycles. The third-order valence-electron chi connectivity index (χ3n) is 3.62. The van der Waals surface area contributed by atoms with Gasteiger partial charge in [0.2, 0.25) is 0 Å². The Morgan fingerprint density at radius 1 is 1.25 bits per heavy atom. The van der Waals surface area contributed by atoms with Crippen molar-refractivity contribution in [2.45, 2.75) is 39.8 Å². The van der Waals surface area contributed by atoms with E-state index in [0.717, 1.165) is 47.5 Å². The molecule has 0 fully saturated rings. The van der Waals surface area contributed by atoms with Gasteiger partial charge < -0.3 is 5.32 Å². The van der Waals surface area contributed by atoms with Crippen LogP contribution in [-0.2, 0) is 19.5 Å². The summed E-state index contributed by atoms with van der Waals surface area (Å²) < 4.78 is 1.06. The zero-order valence-corrected chi connectivity index (χ0v) is 13.4. The maximum absolute atomic E-state index is 4.81. The number of hydrogen-bond acceptors (Lipinski definition) is 3. The molecule has 0 unspecified atom stereocenters. The molecular formula is C16H18BrN3. The molecular weight excluding hydrogens is 314 g/mol. The van der Waals surface area contributed by atoms with Crippen LogP contribution in [0.2, 0.25) is 0 Å². The summed E-state index contributed by atoms with van der Waals surface area (Å²) in [6.45, 7) is 6.04. The van der Waals surface area contributed by atoms with Crippen LogP contribution < -0.4 is 5.32 Å². The molecule has 1 N–H and O–H groups in total. The highest BCUT2D eigenvalue weighted by atomic mass is 79.9. The van der Waals surface area contributed by atoms with Crippen molar-refractivity contribution >= 4 is 15.9 Å². The third kappa shape index (κ3) is 2.50. The van der Waals surface area contributed by atoms with Gasteiger partial charge in [0.1, 0.15) is 0 Å². The topological polar surface area (TPSA) is 37.8 Å². The van der Waals surface area contributed by atoms with Crippen LogP contribution in [0.25, 0.3) is 11.4 Å². The molecule has 3 rings (SSSR count). The SMILES string of the molecule is CCCc1nc(-c2ccc(C)cc2Br)nc2c1CNC2. The average Bonchev–Trinajstić information content (AvgIpc) is 2.87. The number of rotatable bonds is 3. The Morgan fingerprint density at radius 2 is 2.10 bits per heavy atom. The quantitative estimate of drug-likeness (QED) is 0.930. The number of fused-ring (bicyclic) bond motifs is 1. The van der Waals surface area contributed by atoms with Crippen molar-refractivity contribution in [2.24, 2.45) is 0 Å². The Bertz CT molecular complexity index is 652. The number of halogens is 1. The Balaban J connectivity index is 2.12. The summed E-state index contributed by atoms with van der Waals surface area (Å²) in [6.07, 6.45) is 2.13. The van der Waals surface area contributed by atoms with Gasteiger partial charge in [-0.25, -0.2) is 9.97 Å². The minimum absolute atomic E-state index is 0.836. The molecule has 1 aromatic carbocycles. The number of hydrogen-bond donors (Lipinski definition) is 1. The Morgan fingerprint density at radius 3 is 2.85 bits per heavy atom. The van der Waals surface area contributed by atoms with Crippen LogP contribution in [0.3, 0.4) is 0 Å². The molecule has 1 aromatic heterocycles. The van der Waals surface area contributed by atoms with E-state index in [1.165, 1.54) is 16.8 Å². The van der Waals surface area contributed by atoms with E-state index in [9.17, 15) is 0 Å². The van der Waals surface area contributed by atoms with Crippen LogP contribution >= 0.6 is 15.9 Å². The van der Waals surface area contributed by atoms with Gasteiger partial charge in [-0.2, -0.15) is 0 Å². The van der Waals surface area contributed by atoms with Gasteiger partial charge in [0, 0.05) is 34.4 Å². The minimum Gasteiger partial charge on any atom is -0.307 e. The highest BCUT2D eigenvalue weighted by Gasteiger charge is 2.19. The van der Waals surface area contributed by atoms with Crippen LogP contribution in [0, 0.1) is 6.92 Å². The van der Waals surface area contributed by atoms with Crippen molar-refractivity contribution in [2.75, 3.05) is 0 Å². The highest BCUT2D eigenvalue weighted by Crippen LogP contribution is 2.29. The fourth-order valence-corrected chi connectivity index (χ4v) is 3.27. The molecule has 0 bridgehead atoms. The predicted molar refractivity (Wildman–Crippen MR) is 84.4 cm³/mol. The molecule has 0 aliphatic carbocycles. The van der Waals surface area contributed by atoms with Gasteiger partial charge in [-0.1, -0.05) is 35.3 Å². The van der Waals surface area contributed by atoms with Crippen molar-refractivity contribution in [3.05, 3.63) is 45.2 Å². The van der Waals surface area contributed by atoms with Crippen molar-refractivity contribution in [3.63, 3.8) is 0 Å². The Kier molecular flexibility index (Phi) is 3.85. The van der Waals surface area contributed by atoms with E-state index in [2.05, 4.69) is 53.3 Å². The smallest absolute Gasteiger partial charge is 0.160 e. The summed E-state index contributed by atoms with van der Waals surface area (Å²) in [6, 6.07) is 6.32. The van der Waals surface area contributed by atoms with Gasteiger partial charge in [-0.15, -0.1) is 0 Å². The molecule has 20 heavy (non-hydrogen) atoms. The van der Waals surface area contributed by atoms with E-state index in [0.29, 0.717) is 0 Å². The van der Waals surface area contributed by atoms with E-state index >= 15 is 0 Å². The second-order valence-corrected chi connectivity index (χ2v) is 6.11. The summed E-state index contributed by atoms with van der Waals surface area (Å²) >= 11 is 3.63. The molecule has 2 aromatic rings. The van der Waals surface area contributed by atoms with Crippen LogP contribution in [0.4, 0.5) is 0 Å². The first-order valence-electron chi connectivity index (χ1n) is 7.05. The lowest BCUT2D eigenvalue weighted by Gasteiger charge is -2.10. The van der Waals surface area contributed by atoms with E-state index in [1.54, 1.807) is 0 Å². The van der Waals surface area contributed by atoms with Crippen molar-refractivity contribution in [1.29, 1.82) is 0 Å². The molecule has 4 heteroatoms. The van der Waals surface area contributed by atoms with Crippen molar-refractivity contribution in [3.8, 4) is 11.4 Å². The molecule has 1 aliphatic rings. The summed E-state index contributed by atoms with van der Waals surface area (Å²) in [5.41, 5.74) is 5.97. The molecule has 0 atom stereocenters. The van der Waals surface area contributed by atoms with Crippen molar-refractivity contribution < 1.29 is 0 Å². The first-order valence-corrected chi connectivity index (χ1v) is 7.84. The Labute approximate surface area is 128 Å². The van der Waals surface area contributed by atoms with Crippen LogP contribution in [-0.4, -0.2) is 9.97 Å². The lowest BCUT2D eigenvalue weighted by atomic mass is 10.1. The van der Waals surface area contributed by atoms with Crippen molar-refractivity contribution in [1.82, 2.24) is 15.3 Å². The lowest BCUT2D eigenvalue weighted by molar-refractivity contribution is 0.753. The lowest BCUT2D eigenvalue weighted by Crippen LogP contribution is -2.04. The summed E-state index contributed by atoms with van der Waals surface area (Å²) in [5.74, 6) is 0.836. The largest absolute Gasteiger partial charge is 0.307 e. The first kappa shape index (κ1) is 13.7. The van der Waals surface area contributed by atoms with Crippen LogP contribution in [0.1, 0.15) is 35.9 Å². The summed E-state index contributed by atoms with van der Waals surface area (Å²) in [5, 5.41) is 3.37. The number of benzene rings is 1.